The van der Waals surface area contributed by atoms with Gasteiger partial charge in [-0.15, -0.1) is 0 Å². The highest BCUT2D eigenvalue weighted by molar-refractivity contribution is 7.90. The van der Waals surface area contributed by atoms with Crippen molar-refractivity contribution in [2.75, 3.05) is 18.2 Å². The van der Waals surface area contributed by atoms with Gasteiger partial charge in [0.1, 0.15) is 17.6 Å². The SMILES string of the molecule is Cc1nc2c(Nc3ccccc3S(C)(=O)=O)cc(Cc3cc4c(nn3)CCC4)nc2n1C1CCCCO1. The summed E-state index contributed by atoms with van der Waals surface area (Å²) in [6.07, 6.45) is 7.76. The van der Waals surface area contributed by atoms with Crippen LogP contribution < -0.4 is 5.32 Å². The van der Waals surface area contributed by atoms with Crippen LogP contribution in [0.5, 0.6) is 0 Å². The number of rotatable bonds is 6. The van der Waals surface area contributed by atoms with E-state index in [1.54, 1.807) is 18.2 Å². The van der Waals surface area contributed by atoms with E-state index in [0.29, 0.717) is 29.9 Å². The zero-order valence-electron chi connectivity index (χ0n) is 21.1. The van der Waals surface area contributed by atoms with E-state index < -0.39 is 9.84 Å². The molecule has 3 aromatic heterocycles. The number of ether oxygens (including phenoxy) is 1. The average Bonchev–Trinajstić information content (AvgIpc) is 3.48. The molecule has 0 amide bonds. The summed E-state index contributed by atoms with van der Waals surface area (Å²) >= 11 is 0. The molecule has 1 fully saturated rings. The zero-order valence-corrected chi connectivity index (χ0v) is 21.9. The molecule has 37 heavy (non-hydrogen) atoms. The Balaban J connectivity index is 1.47. The van der Waals surface area contributed by atoms with E-state index in [1.165, 1.54) is 11.8 Å². The third kappa shape index (κ3) is 4.71. The second-order valence-electron chi connectivity index (χ2n) is 9.91. The molecule has 1 aliphatic carbocycles. The van der Waals surface area contributed by atoms with Gasteiger partial charge in [-0.05, 0) is 75.3 Å². The van der Waals surface area contributed by atoms with Crippen LogP contribution >= 0.6 is 0 Å². The Kier molecular flexibility index (Phi) is 6.16. The smallest absolute Gasteiger partial charge is 0.177 e. The normalized spacial score (nSPS) is 17.7. The van der Waals surface area contributed by atoms with Crippen LogP contribution in [0.15, 0.2) is 41.3 Å². The third-order valence-electron chi connectivity index (χ3n) is 7.11. The number of hydrogen-bond acceptors (Lipinski definition) is 8. The van der Waals surface area contributed by atoms with Crippen molar-refractivity contribution in [2.45, 2.75) is 63.0 Å². The number of aromatic nitrogens is 5. The Bertz CT molecular complexity index is 1590. The predicted octanol–water partition coefficient (Wildman–Crippen LogP) is 4.46. The molecule has 1 atom stereocenters. The molecule has 4 heterocycles. The van der Waals surface area contributed by atoms with Crippen LogP contribution in [-0.2, 0) is 33.8 Å². The first-order valence-corrected chi connectivity index (χ1v) is 14.7. The lowest BCUT2D eigenvalue weighted by molar-refractivity contribution is -0.0309. The highest BCUT2D eigenvalue weighted by Gasteiger charge is 2.24. The van der Waals surface area contributed by atoms with E-state index in [1.807, 2.05) is 19.1 Å². The van der Waals surface area contributed by atoms with Gasteiger partial charge in [0, 0.05) is 19.3 Å². The van der Waals surface area contributed by atoms with Gasteiger partial charge in [-0.2, -0.15) is 10.2 Å². The zero-order chi connectivity index (χ0) is 25.6. The van der Waals surface area contributed by atoms with Crippen molar-refractivity contribution in [1.29, 1.82) is 0 Å². The summed E-state index contributed by atoms with van der Waals surface area (Å²) in [7, 11) is -3.43. The van der Waals surface area contributed by atoms with Crippen molar-refractivity contribution < 1.29 is 13.2 Å². The third-order valence-corrected chi connectivity index (χ3v) is 8.26. The van der Waals surface area contributed by atoms with E-state index in [4.69, 9.17) is 14.7 Å². The molecule has 192 valence electrons. The summed E-state index contributed by atoms with van der Waals surface area (Å²) in [6, 6.07) is 11.0. The van der Waals surface area contributed by atoms with Gasteiger partial charge in [-0.3, -0.25) is 4.57 Å². The molecule has 1 aromatic carbocycles. The first-order chi connectivity index (χ1) is 17.9. The summed E-state index contributed by atoms with van der Waals surface area (Å²) < 4.78 is 33.1. The summed E-state index contributed by atoms with van der Waals surface area (Å²) in [6.45, 7) is 2.67. The van der Waals surface area contributed by atoms with Gasteiger partial charge in [-0.1, -0.05) is 12.1 Å². The van der Waals surface area contributed by atoms with Gasteiger partial charge < -0.3 is 10.1 Å². The molecule has 4 aromatic rings. The van der Waals surface area contributed by atoms with Crippen molar-refractivity contribution in [3.8, 4) is 0 Å². The highest BCUT2D eigenvalue weighted by atomic mass is 32.2. The molecule has 1 unspecified atom stereocenters. The van der Waals surface area contributed by atoms with Gasteiger partial charge in [-0.25, -0.2) is 18.4 Å². The monoisotopic (exact) mass is 518 g/mol. The number of imidazole rings is 1. The lowest BCUT2D eigenvalue weighted by Gasteiger charge is -2.25. The average molecular weight is 519 g/mol. The topological polar surface area (TPSA) is 112 Å². The Morgan fingerprint density at radius 2 is 1.89 bits per heavy atom. The molecule has 0 radical (unpaired) electrons. The Hall–Kier alpha value is -3.37. The minimum Gasteiger partial charge on any atom is -0.358 e. The maximum atomic E-state index is 12.5. The second-order valence-corrected chi connectivity index (χ2v) is 11.9. The lowest BCUT2D eigenvalue weighted by atomic mass is 10.1. The van der Waals surface area contributed by atoms with Crippen molar-refractivity contribution in [3.63, 3.8) is 0 Å². The van der Waals surface area contributed by atoms with Crippen molar-refractivity contribution >= 4 is 32.4 Å². The molecule has 0 spiro atoms. The van der Waals surface area contributed by atoms with Gasteiger partial charge >= 0.3 is 0 Å². The molecule has 9 nitrogen and oxygen atoms in total. The molecule has 2 aliphatic rings. The van der Waals surface area contributed by atoms with Gasteiger partial charge in [0.05, 0.1) is 33.4 Å². The quantitative estimate of drug-likeness (QED) is 0.398. The summed E-state index contributed by atoms with van der Waals surface area (Å²) in [5.74, 6) is 0.809. The maximum absolute atomic E-state index is 12.5. The number of nitrogens with zero attached hydrogens (tertiary/aromatic N) is 5. The van der Waals surface area contributed by atoms with Crippen molar-refractivity contribution in [1.82, 2.24) is 24.7 Å². The molecule has 1 saturated heterocycles. The number of fused-ring (bicyclic) bond motifs is 2. The minimum absolute atomic E-state index is 0.127. The number of sulfone groups is 1. The van der Waals surface area contributed by atoms with Crippen molar-refractivity contribution in [2.24, 2.45) is 0 Å². The number of nitrogens with one attached hydrogen (secondary N) is 1. The fourth-order valence-electron chi connectivity index (χ4n) is 5.37. The van der Waals surface area contributed by atoms with Gasteiger partial charge in [0.15, 0.2) is 15.5 Å². The standard InChI is InChI=1S/C27H30N6O3S/c1-17-28-26-23(30-22-9-3-4-11-24(22)37(2,34)35)16-19(15-20-14-18-8-7-10-21(18)32-31-20)29-27(26)33(17)25-12-5-6-13-36-25/h3-4,9,11,14,16,25H,5-8,10,12-13,15H2,1-2H3,(H,29,30). The van der Waals surface area contributed by atoms with Crippen LogP contribution in [0.4, 0.5) is 11.4 Å². The predicted molar refractivity (Wildman–Crippen MR) is 141 cm³/mol. The van der Waals surface area contributed by atoms with Crippen LogP contribution in [0.2, 0.25) is 0 Å². The largest absolute Gasteiger partial charge is 0.358 e. The number of hydrogen-bond donors (Lipinski definition) is 1. The van der Waals surface area contributed by atoms with Crippen molar-refractivity contribution in [3.05, 3.63) is 64.9 Å². The lowest BCUT2D eigenvalue weighted by Crippen LogP contribution is -2.19. The molecular weight excluding hydrogens is 488 g/mol. The van der Waals surface area contributed by atoms with E-state index in [2.05, 4.69) is 26.1 Å². The molecular formula is C27H30N6O3S. The number of pyridine rings is 1. The van der Waals surface area contributed by atoms with Crippen LogP contribution in [0, 0.1) is 6.92 Å². The Morgan fingerprint density at radius 3 is 2.70 bits per heavy atom. The van der Waals surface area contributed by atoms with Gasteiger partial charge in [0.25, 0.3) is 0 Å². The van der Waals surface area contributed by atoms with Crippen LogP contribution in [-0.4, -0.2) is 46.0 Å². The number of anilines is 2. The fraction of sp³-hybridized carbons (Fsp3) is 0.407. The Morgan fingerprint density at radius 1 is 1.03 bits per heavy atom. The maximum Gasteiger partial charge on any atom is 0.177 e. The molecule has 0 saturated carbocycles. The summed E-state index contributed by atoms with van der Waals surface area (Å²) in [5, 5.41) is 12.3. The van der Waals surface area contributed by atoms with Crippen LogP contribution in [0.1, 0.15) is 60.4 Å². The van der Waals surface area contributed by atoms with Crippen LogP contribution in [0.25, 0.3) is 11.2 Å². The number of aryl methyl sites for hydroxylation is 3. The first-order valence-electron chi connectivity index (χ1n) is 12.8. The van der Waals surface area contributed by atoms with E-state index in [0.717, 1.165) is 67.1 Å². The molecule has 6 rings (SSSR count). The number of para-hydroxylation sites is 1. The van der Waals surface area contributed by atoms with Crippen LogP contribution in [0.3, 0.4) is 0 Å². The minimum atomic E-state index is -3.43. The second kappa shape index (κ2) is 9.50. The first kappa shape index (κ1) is 24.0. The fourth-order valence-corrected chi connectivity index (χ4v) is 6.21. The van der Waals surface area contributed by atoms with Gasteiger partial charge in [0.2, 0.25) is 0 Å². The molecule has 1 N–H and O–H groups in total. The highest BCUT2D eigenvalue weighted by Crippen LogP contribution is 2.34. The van der Waals surface area contributed by atoms with E-state index in [-0.39, 0.29) is 11.1 Å². The van der Waals surface area contributed by atoms with E-state index >= 15 is 0 Å². The number of benzene rings is 1. The summed E-state index contributed by atoms with van der Waals surface area (Å²) in [5.41, 5.74) is 6.62. The Labute approximate surface area is 216 Å². The molecule has 0 bridgehead atoms. The van der Waals surface area contributed by atoms with E-state index in [9.17, 15) is 8.42 Å². The molecule has 1 aliphatic heterocycles. The molecule has 10 heteroatoms. The summed E-state index contributed by atoms with van der Waals surface area (Å²) in [4.78, 5) is 10.1.